The largest absolute Gasteiger partial charge is 0.244 e. The molecule has 0 saturated heterocycles. The smallest absolute Gasteiger partial charge is 0.207 e. The van der Waals surface area contributed by atoms with E-state index in [1.54, 1.807) is 36.4 Å². The third-order valence-electron chi connectivity index (χ3n) is 3.55. The van der Waals surface area contributed by atoms with Crippen LogP contribution in [-0.2, 0) is 10.0 Å². The van der Waals surface area contributed by atoms with E-state index in [0.29, 0.717) is 11.1 Å². The van der Waals surface area contributed by atoms with Crippen LogP contribution in [-0.4, -0.2) is 25.8 Å². The lowest BCUT2D eigenvalue weighted by molar-refractivity contribution is 0.482. The van der Waals surface area contributed by atoms with Crippen molar-refractivity contribution in [1.29, 1.82) is 0 Å². The molecule has 0 N–H and O–H groups in total. The monoisotopic (exact) mass is 343 g/mol. The summed E-state index contributed by atoms with van der Waals surface area (Å²) < 4.78 is 39.8. The van der Waals surface area contributed by atoms with Gasteiger partial charge in [-0.3, -0.25) is 0 Å². The van der Waals surface area contributed by atoms with Crippen LogP contribution in [0.1, 0.15) is 11.1 Å². The second-order valence-corrected chi connectivity index (χ2v) is 7.34. The van der Waals surface area contributed by atoms with Gasteiger partial charge in [-0.1, -0.05) is 42.3 Å². The summed E-state index contributed by atoms with van der Waals surface area (Å²) in [6.45, 7) is 5.74. The van der Waals surface area contributed by atoms with Crippen molar-refractivity contribution in [3.8, 4) is 12.3 Å². The van der Waals surface area contributed by atoms with E-state index in [9.17, 15) is 12.8 Å². The Kier molecular flexibility index (Phi) is 5.55. The molecule has 0 unspecified atom stereocenters. The quantitative estimate of drug-likeness (QED) is 0.753. The number of hydrogen-bond donors (Lipinski definition) is 0. The molecular formula is C19H18FNO2S. The lowest BCUT2D eigenvalue weighted by atomic mass is 10.1. The highest BCUT2D eigenvalue weighted by atomic mass is 32.2. The minimum absolute atomic E-state index is 0.0338. The molecule has 0 bridgehead atoms. The highest BCUT2D eigenvalue weighted by Gasteiger charge is 2.24. The predicted molar refractivity (Wildman–Crippen MR) is 94.2 cm³/mol. The summed E-state index contributed by atoms with van der Waals surface area (Å²) in [5, 5.41) is 0. The average Bonchev–Trinajstić information content (AvgIpc) is 2.55. The van der Waals surface area contributed by atoms with E-state index < -0.39 is 10.0 Å². The Labute approximate surface area is 142 Å². The first-order valence-electron chi connectivity index (χ1n) is 7.28. The number of hydrogen-bond acceptors (Lipinski definition) is 2. The van der Waals surface area contributed by atoms with Gasteiger partial charge in [0, 0.05) is 6.54 Å². The maximum atomic E-state index is 13.0. The van der Waals surface area contributed by atoms with E-state index in [2.05, 4.69) is 12.5 Å². The zero-order valence-corrected chi connectivity index (χ0v) is 14.2. The van der Waals surface area contributed by atoms with Gasteiger partial charge >= 0.3 is 0 Å². The van der Waals surface area contributed by atoms with Crippen molar-refractivity contribution in [1.82, 2.24) is 4.31 Å². The summed E-state index contributed by atoms with van der Waals surface area (Å²) in [4.78, 5) is 0.176. The summed E-state index contributed by atoms with van der Waals surface area (Å²) in [7, 11) is -3.74. The van der Waals surface area contributed by atoms with Crippen LogP contribution >= 0.6 is 0 Å². The van der Waals surface area contributed by atoms with Crippen molar-refractivity contribution in [2.45, 2.75) is 11.8 Å². The minimum Gasteiger partial charge on any atom is -0.207 e. The molecule has 0 heterocycles. The van der Waals surface area contributed by atoms with Gasteiger partial charge in [0.05, 0.1) is 11.4 Å². The SMILES string of the molecule is C#CCN(CC(=C)c1ccc(F)cc1)S(=O)(=O)c1ccc(C)cc1. The molecule has 0 aliphatic heterocycles. The minimum atomic E-state index is -3.74. The number of sulfonamides is 1. The molecular weight excluding hydrogens is 325 g/mol. The number of rotatable bonds is 6. The standard InChI is InChI=1S/C19H18FNO2S/c1-4-13-21(14-16(3)17-7-9-18(20)10-8-17)24(22,23)19-11-5-15(2)6-12-19/h1,5-12H,3,13-14H2,2H3. The Hall–Kier alpha value is -2.42. The average molecular weight is 343 g/mol. The first kappa shape index (κ1) is 17.9. The molecule has 24 heavy (non-hydrogen) atoms. The molecule has 0 aliphatic carbocycles. The molecule has 124 valence electrons. The van der Waals surface area contributed by atoms with Crippen molar-refractivity contribution < 1.29 is 12.8 Å². The fourth-order valence-electron chi connectivity index (χ4n) is 2.18. The number of benzene rings is 2. The summed E-state index contributed by atoms with van der Waals surface area (Å²) in [6.07, 6.45) is 5.33. The normalized spacial score (nSPS) is 11.2. The molecule has 2 aromatic rings. The van der Waals surface area contributed by atoms with E-state index >= 15 is 0 Å². The Morgan fingerprint density at radius 1 is 1.17 bits per heavy atom. The molecule has 0 aliphatic rings. The van der Waals surface area contributed by atoms with Gasteiger partial charge in [-0.15, -0.1) is 6.42 Å². The summed E-state index contributed by atoms with van der Waals surface area (Å²) in [5.74, 6) is 2.00. The third kappa shape index (κ3) is 4.10. The molecule has 5 heteroatoms. The highest BCUT2D eigenvalue weighted by molar-refractivity contribution is 7.89. The Bertz CT molecular complexity index is 863. The zero-order valence-electron chi connectivity index (χ0n) is 13.4. The molecule has 3 nitrogen and oxygen atoms in total. The van der Waals surface area contributed by atoms with Gasteiger partial charge in [-0.05, 0) is 42.3 Å². The molecule has 0 fully saturated rings. The second-order valence-electron chi connectivity index (χ2n) is 5.40. The van der Waals surface area contributed by atoms with Gasteiger partial charge < -0.3 is 0 Å². The molecule has 0 radical (unpaired) electrons. The van der Waals surface area contributed by atoms with E-state index in [1.807, 2.05) is 6.92 Å². The van der Waals surface area contributed by atoms with Crippen LogP contribution in [0.15, 0.2) is 60.0 Å². The van der Waals surface area contributed by atoms with Gasteiger partial charge in [0.2, 0.25) is 10.0 Å². The summed E-state index contributed by atoms with van der Waals surface area (Å²) >= 11 is 0. The van der Waals surface area contributed by atoms with Crippen LogP contribution < -0.4 is 0 Å². The van der Waals surface area contributed by atoms with Crippen molar-refractivity contribution >= 4 is 15.6 Å². The molecule has 0 aromatic heterocycles. The van der Waals surface area contributed by atoms with Gasteiger partial charge in [0.1, 0.15) is 5.82 Å². The van der Waals surface area contributed by atoms with Crippen molar-refractivity contribution in [3.63, 3.8) is 0 Å². The predicted octanol–water partition coefficient (Wildman–Crippen LogP) is 3.47. The van der Waals surface area contributed by atoms with Crippen LogP contribution in [0, 0.1) is 25.1 Å². The van der Waals surface area contributed by atoms with E-state index in [-0.39, 0.29) is 23.8 Å². The number of nitrogens with zero attached hydrogens (tertiary/aromatic N) is 1. The van der Waals surface area contributed by atoms with Gasteiger partial charge in [0.25, 0.3) is 0 Å². The Morgan fingerprint density at radius 3 is 2.29 bits per heavy atom. The number of terminal acetylenes is 1. The molecule has 2 aromatic carbocycles. The molecule has 0 amide bonds. The van der Waals surface area contributed by atoms with Crippen LogP contribution in [0.5, 0.6) is 0 Å². The Morgan fingerprint density at radius 2 is 1.75 bits per heavy atom. The lowest BCUT2D eigenvalue weighted by Gasteiger charge is -2.21. The Balaban J connectivity index is 2.28. The van der Waals surface area contributed by atoms with Crippen LogP contribution in [0.25, 0.3) is 5.57 Å². The van der Waals surface area contributed by atoms with Crippen LogP contribution in [0.4, 0.5) is 4.39 Å². The van der Waals surface area contributed by atoms with Gasteiger partial charge in [0.15, 0.2) is 0 Å². The molecule has 0 spiro atoms. The highest BCUT2D eigenvalue weighted by Crippen LogP contribution is 2.21. The van der Waals surface area contributed by atoms with Crippen molar-refractivity contribution in [2.24, 2.45) is 0 Å². The van der Waals surface area contributed by atoms with E-state index in [1.165, 1.54) is 16.4 Å². The van der Waals surface area contributed by atoms with Crippen molar-refractivity contribution in [2.75, 3.05) is 13.1 Å². The summed E-state index contributed by atoms with van der Waals surface area (Å²) in [6, 6.07) is 12.3. The van der Waals surface area contributed by atoms with Crippen LogP contribution in [0.2, 0.25) is 0 Å². The number of aryl methyl sites for hydroxylation is 1. The second kappa shape index (κ2) is 7.43. The number of halogens is 1. The van der Waals surface area contributed by atoms with Crippen LogP contribution in [0.3, 0.4) is 0 Å². The lowest BCUT2D eigenvalue weighted by Crippen LogP contribution is -2.32. The maximum absolute atomic E-state index is 13.0. The van der Waals surface area contributed by atoms with Crippen molar-refractivity contribution in [3.05, 3.63) is 72.1 Å². The third-order valence-corrected chi connectivity index (χ3v) is 5.35. The maximum Gasteiger partial charge on any atom is 0.244 e. The molecule has 0 saturated carbocycles. The van der Waals surface area contributed by atoms with Gasteiger partial charge in [-0.2, -0.15) is 4.31 Å². The van der Waals surface area contributed by atoms with E-state index in [0.717, 1.165) is 5.56 Å². The topological polar surface area (TPSA) is 37.4 Å². The zero-order chi connectivity index (χ0) is 17.7. The molecule has 0 atom stereocenters. The fourth-order valence-corrected chi connectivity index (χ4v) is 3.53. The fraction of sp³-hybridized carbons (Fsp3) is 0.158. The first-order valence-corrected chi connectivity index (χ1v) is 8.72. The molecule has 2 rings (SSSR count). The summed E-state index contributed by atoms with van der Waals surface area (Å²) in [5.41, 5.74) is 2.17. The van der Waals surface area contributed by atoms with Gasteiger partial charge in [-0.25, -0.2) is 12.8 Å². The van der Waals surface area contributed by atoms with E-state index in [4.69, 9.17) is 6.42 Å². The first-order chi connectivity index (χ1) is 11.3.